The molecule has 8 heteroatoms. The molecule has 1 aliphatic heterocycles. The second kappa shape index (κ2) is 8.01. The molecule has 0 bridgehead atoms. The number of aliphatic imine (C=N–C) groups is 1. The van der Waals surface area contributed by atoms with E-state index in [-0.39, 0.29) is 22.9 Å². The average Bonchev–Trinajstić information content (AvgIpc) is 2.68. The van der Waals surface area contributed by atoms with Crippen LogP contribution in [0.25, 0.3) is 0 Å². The zero-order valence-corrected chi connectivity index (χ0v) is 14.9. The molecule has 0 saturated carbocycles. The van der Waals surface area contributed by atoms with Crippen molar-refractivity contribution in [3.63, 3.8) is 0 Å². The summed E-state index contributed by atoms with van der Waals surface area (Å²) >= 11 is 1.50. The lowest BCUT2D eigenvalue weighted by atomic mass is 10.1. The minimum absolute atomic E-state index is 0.123. The van der Waals surface area contributed by atoms with E-state index in [1.165, 1.54) is 37.1 Å². The number of amidine groups is 1. The highest BCUT2D eigenvalue weighted by molar-refractivity contribution is 8.13. The van der Waals surface area contributed by atoms with Gasteiger partial charge >= 0.3 is 5.69 Å². The number of carbonyl (C=O) groups excluding carboxylic acids is 1. The number of nitrogens with zero attached hydrogens (tertiary/aromatic N) is 3. The van der Waals surface area contributed by atoms with E-state index >= 15 is 0 Å². The van der Waals surface area contributed by atoms with Gasteiger partial charge in [-0.3, -0.25) is 19.8 Å². The second-order valence-electron chi connectivity index (χ2n) is 5.53. The zero-order valence-electron chi connectivity index (χ0n) is 14.1. The van der Waals surface area contributed by atoms with E-state index in [0.29, 0.717) is 11.7 Å². The fourth-order valence-corrected chi connectivity index (χ4v) is 3.53. The van der Waals surface area contributed by atoms with Crippen LogP contribution in [0.3, 0.4) is 0 Å². The van der Waals surface area contributed by atoms with Crippen LogP contribution in [0.4, 0.5) is 11.4 Å². The molecule has 134 valence electrons. The van der Waals surface area contributed by atoms with Gasteiger partial charge in [0.1, 0.15) is 0 Å². The summed E-state index contributed by atoms with van der Waals surface area (Å²) in [6, 6.07) is 13.6. The van der Waals surface area contributed by atoms with Gasteiger partial charge in [0, 0.05) is 23.9 Å². The van der Waals surface area contributed by atoms with Crippen molar-refractivity contribution in [2.75, 3.05) is 19.4 Å². The first kappa shape index (κ1) is 17.9. The molecule has 0 unspecified atom stereocenters. The molecule has 1 heterocycles. The number of ether oxygens (including phenoxy) is 1. The molecule has 3 rings (SSSR count). The first-order valence-electron chi connectivity index (χ1n) is 8.01. The van der Waals surface area contributed by atoms with Crippen molar-refractivity contribution in [1.82, 2.24) is 4.90 Å². The Labute approximate surface area is 154 Å². The molecule has 26 heavy (non-hydrogen) atoms. The molecule has 2 aromatic rings. The van der Waals surface area contributed by atoms with Crippen LogP contribution in [-0.4, -0.2) is 40.3 Å². The molecule has 0 spiro atoms. The summed E-state index contributed by atoms with van der Waals surface area (Å²) < 4.78 is 4.99. The number of para-hydroxylation sites is 1. The third kappa shape index (κ3) is 3.85. The number of hydrogen-bond donors (Lipinski definition) is 0. The lowest BCUT2D eigenvalue weighted by Crippen LogP contribution is -2.39. The summed E-state index contributed by atoms with van der Waals surface area (Å²) in [6.45, 7) is 0.525. The Morgan fingerprint density at radius 2 is 2.04 bits per heavy atom. The van der Waals surface area contributed by atoms with Crippen LogP contribution < -0.4 is 4.74 Å². The third-order valence-electron chi connectivity index (χ3n) is 3.84. The number of thioether (sulfide) groups is 1. The van der Waals surface area contributed by atoms with Gasteiger partial charge in [-0.2, -0.15) is 0 Å². The van der Waals surface area contributed by atoms with E-state index in [9.17, 15) is 14.9 Å². The second-order valence-corrected chi connectivity index (χ2v) is 6.59. The molecule has 0 aliphatic carbocycles. The maximum Gasteiger partial charge on any atom is 0.311 e. The van der Waals surface area contributed by atoms with Crippen molar-refractivity contribution in [3.8, 4) is 5.75 Å². The standard InChI is InChI=1S/C18H17N3O4S/c1-25-16-9-8-13(12-15(16)21(23)24)17(22)20-10-5-11-26-18(20)19-14-6-3-2-4-7-14/h2-4,6-9,12H,5,10-11H2,1H3. The average molecular weight is 371 g/mol. The minimum Gasteiger partial charge on any atom is -0.490 e. The summed E-state index contributed by atoms with van der Waals surface area (Å²) in [6.07, 6.45) is 0.836. The Kier molecular flexibility index (Phi) is 5.52. The largest absolute Gasteiger partial charge is 0.490 e. The van der Waals surface area contributed by atoms with Crippen LogP contribution in [0.15, 0.2) is 53.5 Å². The first-order chi connectivity index (χ1) is 12.6. The Morgan fingerprint density at radius 3 is 2.73 bits per heavy atom. The monoisotopic (exact) mass is 371 g/mol. The Morgan fingerprint density at radius 1 is 1.27 bits per heavy atom. The maximum absolute atomic E-state index is 12.9. The van der Waals surface area contributed by atoms with E-state index in [2.05, 4.69) is 4.99 Å². The van der Waals surface area contributed by atoms with Crippen LogP contribution in [0.1, 0.15) is 16.8 Å². The van der Waals surface area contributed by atoms with Crippen LogP contribution in [0.5, 0.6) is 5.75 Å². The number of amides is 1. The van der Waals surface area contributed by atoms with Gasteiger partial charge in [0.15, 0.2) is 10.9 Å². The summed E-state index contributed by atoms with van der Waals surface area (Å²) in [7, 11) is 1.36. The van der Waals surface area contributed by atoms with Gasteiger partial charge in [0.05, 0.1) is 17.7 Å². The Bertz CT molecular complexity index is 855. The molecule has 1 saturated heterocycles. The van der Waals surface area contributed by atoms with Crippen molar-refractivity contribution in [2.45, 2.75) is 6.42 Å². The number of rotatable bonds is 4. The normalized spacial score (nSPS) is 15.7. The van der Waals surface area contributed by atoms with E-state index in [0.717, 1.165) is 17.9 Å². The fourth-order valence-electron chi connectivity index (χ4n) is 2.58. The van der Waals surface area contributed by atoms with E-state index in [1.54, 1.807) is 4.90 Å². The minimum atomic E-state index is -0.556. The van der Waals surface area contributed by atoms with Crippen molar-refractivity contribution >= 4 is 34.2 Å². The topological polar surface area (TPSA) is 85.0 Å². The van der Waals surface area contributed by atoms with Gasteiger partial charge in [-0.25, -0.2) is 4.99 Å². The van der Waals surface area contributed by atoms with Gasteiger partial charge in [0.2, 0.25) is 0 Å². The molecule has 1 amide bonds. The highest BCUT2D eigenvalue weighted by Gasteiger charge is 2.27. The molecule has 0 radical (unpaired) electrons. The molecule has 1 aliphatic rings. The highest BCUT2D eigenvalue weighted by atomic mass is 32.2. The van der Waals surface area contributed by atoms with Crippen LogP contribution in [-0.2, 0) is 0 Å². The first-order valence-corrected chi connectivity index (χ1v) is 8.99. The predicted molar refractivity (Wildman–Crippen MR) is 101 cm³/mol. The number of nitro groups is 1. The SMILES string of the molecule is COc1ccc(C(=O)N2CCCSC2=Nc2ccccc2)cc1[N+](=O)[O-]. The van der Waals surface area contributed by atoms with Crippen LogP contribution >= 0.6 is 11.8 Å². The number of hydrogen-bond acceptors (Lipinski definition) is 6. The van der Waals surface area contributed by atoms with E-state index in [4.69, 9.17) is 4.74 Å². The summed E-state index contributed by atoms with van der Waals surface area (Å²) in [5.41, 5.74) is 0.765. The lowest BCUT2D eigenvalue weighted by molar-refractivity contribution is -0.385. The summed E-state index contributed by atoms with van der Waals surface area (Å²) in [5.74, 6) is 0.688. The molecule has 2 aromatic carbocycles. The number of benzene rings is 2. The molecular weight excluding hydrogens is 354 g/mol. The van der Waals surface area contributed by atoms with Crippen molar-refractivity contribution in [2.24, 2.45) is 4.99 Å². The molecule has 0 aromatic heterocycles. The van der Waals surface area contributed by atoms with Crippen molar-refractivity contribution in [1.29, 1.82) is 0 Å². The van der Waals surface area contributed by atoms with E-state index < -0.39 is 4.92 Å². The molecule has 7 nitrogen and oxygen atoms in total. The smallest absolute Gasteiger partial charge is 0.311 e. The lowest BCUT2D eigenvalue weighted by Gasteiger charge is -2.27. The zero-order chi connectivity index (χ0) is 18.5. The van der Waals surface area contributed by atoms with Crippen LogP contribution in [0.2, 0.25) is 0 Å². The van der Waals surface area contributed by atoms with Crippen molar-refractivity contribution in [3.05, 3.63) is 64.2 Å². The number of methoxy groups -OCH3 is 1. The molecular formula is C18H17N3O4S. The highest BCUT2D eigenvalue weighted by Crippen LogP contribution is 2.29. The van der Waals surface area contributed by atoms with Gasteiger partial charge in [-0.15, -0.1) is 0 Å². The van der Waals surface area contributed by atoms with Crippen LogP contribution in [0, 0.1) is 10.1 Å². The van der Waals surface area contributed by atoms with Crippen molar-refractivity contribution < 1.29 is 14.5 Å². The van der Waals surface area contributed by atoms with Gasteiger partial charge in [0.25, 0.3) is 5.91 Å². The Hall–Kier alpha value is -2.87. The fraction of sp³-hybridized carbons (Fsp3) is 0.222. The van der Waals surface area contributed by atoms with Gasteiger partial charge < -0.3 is 4.74 Å². The molecule has 1 fully saturated rings. The Balaban J connectivity index is 1.93. The predicted octanol–water partition coefficient (Wildman–Crippen LogP) is 3.87. The third-order valence-corrected chi connectivity index (χ3v) is 4.90. The van der Waals surface area contributed by atoms with E-state index in [1.807, 2.05) is 30.3 Å². The number of nitro benzene ring substituents is 1. The van der Waals surface area contributed by atoms with Gasteiger partial charge in [-0.1, -0.05) is 30.0 Å². The number of carbonyl (C=O) groups is 1. The summed E-state index contributed by atoms with van der Waals surface area (Å²) in [4.78, 5) is 29.7. The quantitative estimate of drug-likeness (QED) is 0.602. The molecule has 0 N–H and O–H groups in total. The summed E-state index contributed by atoms with van der Waals surface area (Å²) in [5, 5.41) is 11.8. The maximum atomic E-state index is 12.9. The van der Waals surface area contributed by atoms with Gasteiger partial charge in [-0.05, 0) is 30.7 Å². The molecule has 0 atom stereocenters.